The predicted octanol–water partition coefficient (Wildman–Crippen LogP) is 4.47. The summed E-state index contributed by atoms with van der Waals surface area (Å²) in [6, 6.07) is 8.21. The van der Waals surface area contributed by atoms with E-state index in [1.165, 1.54) is 17.3 Å². The highest BCUT2D eigenvalue weighted by Gasteiger charge is 2.12. The maximum atomic E-state index is 11.7. The summed E-state index contributed by atoms with van der Waals surface area (Å²) in [5.74, 6) is 0. The fraction of sp³-hybridized carbons (Fsp3) is 0.400. The number of carbonyl (C=O) groups excluding carboxylic acids is 1. The maximum Gasteiger partial charge on any atom is 0.279 e. The number of hydrogen-bond donors (Lipinski definition) is 1. The monoisotopic (exact) mass is 263 g/mol. The van der Waals surface area contributed by atoms with E-state index in [1.807, 2.05) is 18.2 Å². The van der Waals surface area contributed by atoms with Crippen LogP contribution in [0.25, 0.3) is 0 Å². The van der Waals surface area contributed by atoms with Crippen molar-refractivity contribution in [1.82, 2.24) is 5.32 Å². The fourth-order valence-electron chi connectivity index (χ4n) is 1.53. The van der Waals surface area contributed by atoms with Crippen LogP contribution in [0.2, 0.25) is 0 Å². The first-order chi connectivity index (χ1) is 8.67. The molecule has 0 fully saturated rings. The Bertz CT molecular complexity index is 386. The van der Waals surface area contributed by atoms with Gasteiger partial charge in [0.2, 0.25) is 0 Å². The van der Waals surface area contributed by atoms with Gasteiger partial charge in [0.05, 0.1) is 5.25 Å². The number of benzene rings is 1. The van der Waals surface area contributed by atoms with Crippen molar-refractivity contribution in [1.29, 1.82) is 0 Å². The molecule has 0 spiro atoms. The quantitative estimate of drug-likeness (QED) is 0.606. The van der Waals surface area contributed by atoms with Gasteiger partial charge in [-0.2, -0.15) is 0 Å². The zero-order valence-electron chi connectivity index (χ0n) is 11.1. The van der Waals surface area contributed by atoms with E-state index in [-0.39, 0.29) is 10.5 Å². The highest BCUT2D eigenvalue weighted by molar-refractivity contribution is 8.13. The molecule has 0 radical (unpaired) electrons. The van der Waals surface area contributed by atoms with Crippen LogP contribution < -0.4 is 5.32 Å². The van der Waals surface area contributed by atoms with E-state index in [2.05, 4.69) is 37.9 Å². The third-order valence-electron chi connectivity index (χ3n) is 2.65. The first-order valence-corrected chi connectivity index (χ1v) is 7.19. The second kappa shape index (κ2) is 7.98. The molecule has 1 amide bonds. The highest BCUT2D eigenvalue weighted by atomic mass is 32.2. The molecule has 0 bridgehead atoms. The highest BCUT2D eigenvalue weighted by Crippen LogP contribution is 2.30. The SMILES string of the molecule is C=C[C@H](SC(=O)NCCCC)c1ccc(C)cc1. The summed E-state index contributed by atoms with van der Waals surface area (Å²) >= 11 is 1.29. The minimum absolute atomic E-state index is 0.0206. The van der Waals surface area contributed by atoms with Crippen LogP contribution in [-0.2, 0) is 0 Å². The van der Waals surface area contributed by atoms with Crippen LogP contribution in [0.4, 0.5) is 4.79 Å². The lowest BCUT2D eigenvalue weighted by Crippen LogP contribution is -2.20. The van der Waals surface area contributed by atoms with Gasteiger partial charge in [0.25, 0.3) is 5.24 Å². The number of aryl methyl sites for hydroxylation is 1. The van der Waals surface area contributed by atoms with Crippen LogP contribution in [0.15, 0.2) is 36.9 Å². The van der Waals surface area contributed by atoms with Gasteiger partial charge >= 0.3 is 0 Å². The lowest BCUT2D eigenvalue weighted by molar-refractivity contribution is 0.260. The Kier molecular flexibility index (Phi) is 6.58. The van der Waals surface area contributed by atoms with Crippen LogP contribution in [0.1, 0.15) is 36.1 Å². The normalized spacial score (nSPS) is 11.9. The minimum Gasteiger partial charge on any atom is -0.347 e. The summed E-state index contributed by atoms with van der Waals surface area (Å²) in [5, 5.41) is 2.95. The third-order valence-corrected chi connectivity index (χ3v) is 3.73. The van der Waals surface area contributed by atoms with E-state index in [9.17, 15) is 4.79 Å². The van der Waals surface area contributed by atoms with Crippen molar-refractivity contribution in [3.63, 3.8) is 0 Å². The Morgan fingerprint density at radius 1 is 1.44 bits per heavy atom. The van der Waals surface area contributed by atoms with Crippen molar-refractivity contribution in [3.8, 4) is 0 Å². The molecule has 18 heavy (non-hydrogen) atoms. The summed E-state index contributed by atoms with van der Waals surface area (Å²) < 4.78 is 0. The maximum absolute atomic E-state index is 11.7. The zero-order valence-corrected chi connectivity index (χ0v) is 11.9. The zero-order chi connectivity index (χ0) is 13.4. The molecule has 0 aliphatic rings. The van der Waals surface area contributed by atoms with Crippen molar-refractivity contribution >= 4 is 17.0 Å². The Morgan fingerprint density at radius 3 is 2.67 bits per heavy atom. The largest absolute Gasteiger partial charge is 0.347 e. The molecule has 0 aromatic heterocycles. The summed E-state index contributed by atoms with van der Waals surface area (Å²) in [5.41, 5.74) is 2.34. The molecule has 0 unspecified atom stereocenters. The Balaban J connectivity index is 2.53. The molecule has 0 aliphatic carbocycles. The van der Waals surface area contributed by atoms with Crippen molar-refractivity contribution < 1.29 is 4.79 Å². The standard InChI is InChI=1S/C15H21NOS/c1-4-6-11-16-15(17)18-14(5-2)13-9-7-12(3)8-10-13/h5,7-10,14H,2,4,6,11H2,1,3H3,(H,16,17)/t14-/m0/s1. The molecule has 1 atom stereocenters. The summed E-state index contributed by atoms with van der Waals surface area (Å²) in [4.78, 5) is 11.7. The summed E-state index contributed by atoms with van der Waals surface area (Å²) in [6.45, 7) is 8.72. The van der Waals surface area contributed by atoms with E-state index >= 15 is 0 Å². The number of unbranched alkanes of at least 4 members (excludes halogenated alkanes) is 1. The molecular weight excluding hydrogens is 242 g/mol. The molecule has 1 N–H and O–H groups in total. The molecule has 2 nitrogen and oxygen atoms in total. The van der Waals surface area contributed by atoms with Crippen LogP contribution in [0, 0.1) is 6.92 Å². The van der Waals surface area contributed by atoms with E-state index in [0.717, 1.165) is 24.9 Å². The number of thioether (sulfide) groups is 1. The molecule has 0 heterocycles. The van der Waals surface area contributed by atoms with Crippen LogP contribution in [-0.4, -0.2) is 11.8 Å². The van der Waals surface area contributed by atoms with Gasteiger partial charge in [-0.3, -0.25) is 4.79 Å². The molecule has 3 heteroatoms. The average Bonchev–Trinajstić information content (AvgIpc) is 2.37. The first kappa shape index (κ1) is 14.8. The number of hydrogen-bond acceptors (Lipinski definition) is 2. The molecule has 98 valence electrons. The van der Waals surface area contributed by atoms with Crippen molar-refractivity contribution in [3.05, 3.63) is 48.0 Å². The molecule has 1 aromatic rings. The van der Waals surface area contributed by atoms with Crippen LogP contribution in [0.3, 0.4) is 0 Å². The van der Waals surface area contributed by atoms with Gasteiger partial charge in [-0.05, 0) is 18.9 Å². The van der Waals surface area contributed by atoms with Gasteiger partial charge in [-0.25, -0.2) is 0 Å². The second-order valence-corrected chi connectivity index (χ2v) is 5.37. The van der Waals surface area contributed by atoms with Gasteiger partial charge in [-0.1, -0.05) is 61.0 Å². The van der Waals surface area contributed by atoms with Gasteiger partial charge in [0, 0.05) is 6.54 Å². The smallest absolute Gasteiger partial charge is 0.279 e. The predicted molar refractivity (Wildman–Crippen MR) is 80.0 cm³/mol. The molecule has 0 aliphatic heterocycles. The van der Waals surface area contributed by atoms with Crippen molar-refractivity contribution in [2.24, 2.45) is 0 Å². The first-order valence-electron chi connectivity index (χ1n) is 6.31. The van der Waals surface area contributed by atoms with E-state index in [4.69, 9.17) is 0 Å². The molecule has 1 rings (SSSR count). The Hall–Kier alpha value is -1.22. The number of rotatable bonds is 6. The van der Waals surface area contributed by atoms with Gasteiger partial charge in [-0.15, -0.1) is 6.58 Å². The lowest BCUT2D eigenvalue weighted by Gasteiger charge is -2.12. The second-order valence-electron chi connectivity index (χ2n) is 4.25. The number of carbonyl (C=O) groups is 1. The van der Waals surface area contributed by atoms with Gasteiger partial charge in [0.15, 0.2) is 0 Å². The van der Waals surface area contributed by atoms with Gasteiger partial charge < -0.3 is 5.32 Å². The van der Waals surface area contributed by atoms with Crippen molar-refractivity contribution in [2.75, 3.05) is 6.54 Å². The topological polar surface area (TPSA) is 29.1 Å². The van der Waals surface area contributed by atoms with Crippen LogP contribution >= 0.6 is 11.8 Å². The Labute approximate surface area is 114 Å². The molecular formula is C15H21NOS. The number of nitrogens with one attached hydrogen (secondary N) is 1. The van der Waals surface area contributed by atoms with Crippen LogP contribution in [0.5, 0.6) is 0 Å². The van der Waals surface area contributed by atoms with E-state index in [1.54, 1.807) is 0 Å². The molecule has 1 aromatic carbocycles. The minimum atomic E-state index is 0.0206. The summed E-state index contributed by atoms with van der Waals surface area (Å²) in [6.07, 6.45) is 3.93. The fourth-order valence-corrected chi connectivity index (χ4v) is 2.34. The van der Waals surface area contributed by atoms with Gasteiger partial charge in [0.1, 0.15) is 0 Å². The Morgan fingerprint density at radius 2 is 2.11 bits per heavy atom. The number of amides is 1. The lowest BCUT2D eigenvalue weighted by atomic mass is 10.1. The third kappa shape index (κ3) is 4.96. The molecule has 0 saturated heterocycles. The molecule has 0 saturated carbocycles. The van der Waals surface area contributed by atoms with E-state index < -0.39 is 0 Å². The van der Waals surface area contributed by atoms with Crippen molar-refractivity contribution in [2.45, 2.75) is 31.9 Å². The summed E-state index contributed by atoms with van der Waals surface area (Å²) in [7, 11) is 0. The average molecular weight is 263 g/mol. The van der Waals surface area contributed by atoms with E-state index in [0.29, 0.717) is 0 Å².